The second-order valence-electron chi connectivity index (χ2n) is 6.32. The Hall–Kier alpha value is -3.38. The Morgan fingerprint density at radius 2 is 1.59 bits per heavy atom. The zero-order chi connectivity index (χ0) is 19.1. The number of amides is 1. The summed E-state index contributed by atoms with van der Waals surface area (Å²) in [5.74, 6) is -0.271. The number of non-ortho nitro benzene ring substituents is 1. The van der Waals surface area contributed by atoms with E-state index in [1.807, 2.05) is 61.5 Å². The van der Waals surface area contributed by atoms with E-state index < -0.39 is 4.92 Å². The number of carbonyl (C=O) groups is 1. The molecule has 1 amide bonds. The first-order valence-corrected chi connectivity index (χ1v) is 8.71. The van der Waals surface area contributed by atoms with Crippen LogP contribution in [0.25, 0.3) is 11.1 Å². The first-order chi connectivity index (χ1) is 13.0. The highest BCUT2D eigenvalue weighted by Crippen LogP contribution is 2.38. The van der Waals surface area contributed by atoms with Crippen LogP contribution in [0.3, 0.4) is 0 Å². The highest BCUT2D eigenvalue weighted by Gasteiger charge is 2.37. The van der Waals surface area contributed by atoms with Crippen LogP contribution in [-0.4, -0.2) is 15.8 Å². The minimum Gasteiger partial charge on any atom is -0.268 e. The third-order valence-electron chi connectivity index (χ3n) is 4.56. The Kier molecular flexibility index (Phi) is 4.05. The number of benzene rings is 3. The molecule has 1 aliphatic rings. The maximum atomic E-state index is 13.2. The van der Waals surface area contributed by atoms with E-state index in [1.165, 1.54) is 17.0 Å². The van der Waals surface area contributed by atoms with Crippen molar-refractivity contribution in [2.75, 3.05) is 4.90 Å². The average Bonchev–Trinajstić information content (AvgIpc) is 2.93. The van der Waals surface area contributed by atoms with Gasteiger partial charge < -0.3 is 0 Å². The van der Waals surface area contributed by atoms with Crippen LogP contribution in [0.1, 0.15) is 21.5 Å². The average molecular weight is 374 g/mol. The third kappa shape index (κ3) is 2.80. The number of thiocarbonyl (C=S) groups is 1. The van der Waals surface area contributed by atoms with Crippen molar-refractivity contribution in [1.29, 1.82) is 0 Å². The van der Waals surface area contributed by atoms with E-state index in [0.29, 0.717) is 22.4 Å². The van der Waals surface area contributed by atoms with Gasteiger partial charge in [-0.3, -0.25) is 19.8 Å². The molecule has 4 rings (SSSR count). The normalized spacial score (nSPS) is 13.0. The van der Waals surface area contributed by atoms with Crippen molar-refractivity contribution in [3.05, 3.63) is 93.5 Å². The number of rotatable bonds is 3. The molecular formula is C21H14N2O3S. The van der Waals surface area contributed by atoms with Gasteiger partial charge in [-0.15, -0.1) is 0 Å². The number of fused-ring (bicyclic) bond motifs is 1. The van der Waals surface area contributed by atoms with Gasteiger partial charge in [0.15, 0.2) is 0 Å². The van der Waals surface area contributed by atoms with Gasteiger partial charge in [-0.2, -0.15) is 0 Å². The zero-order valence-electron chi connectivity index (χ0n) is 14.4. The van der Waals surface area contributed by atoms with Gasteiger partial charge in [-0.1, -0.05) is 60.2 Å². The van der Waals surface area contributed by atoms with Crippen LogP contribution in [0.5, 0.6) is 0 Å². The quantitative estimate of drug-likeness (QED) is 0.371. The number of hydrogen-bond donors (Lipinski definition) is 0. The van der Waals surface area contributed by atoms with Crippen molar-refractivity contribution in [1.82, 2.24) is 0 Å². The Labute approximate surface area is 161 Å². The Morgan fingerprint density at radius 1 is 0.963 bits per heavy atom. The zero-order valence-corrected chi connectivity index (χ0v) is 15.2. The van der Waals surface area contributed by atoms with Crippen molar-refractivity contribution in [2.45, 2.75) is 6.92 Å². The van der Waals surface area contributed by atoms with Crippen LogP contribution in [0, 0.1) is 17.0 Å². The van der Waals surface area contributed by atoms with Crippen LogP contribution < -0.4 is 4.90 Å². The molecule has 27 heavy (non-hydrogen) atoms. The highest BCUT2D eigenvalue weighted by molar-refractivity contribution is 7.81. The molecule has 6 heteroatoms. The smallest absolute Gasteiger partial charge is 0.268 e. The van der Waals surface area contributed by atoms with Crippen LogP contribution in [-0.2, 0) is 0 Å². The van der Waals surface area contributed by atoms with E-state index in [0.717, 1.165) is 11.1 Å². The summed E-state index contributed by atoms with van der Waals surface area (Å²) in [5, 5.41) is 11.4. The number of nitrogens with zero attached hydrogens (tertiary/aromatic N) is 2. The molecule has 0 bridgehead atoms. The highest BCUT2D eigenvalue weighted by atomic mass is 32.1. The molecule has 132 valence electrons. The number of nitro benzene ring substituents is 1. The second-order valence-corrected chi connectivity index (χ2v) is 6.71. The maximum absolute atomic E-state index is 13.2. The van der Waals surface area contributed by atoms with Gasteiger partial charge in [-0.25, -0.2) is 0 Å². The molecule has 3 aromatic carbocycles. The lowest BCUT2D eigenvalue weighted by molar-refractivity contribution is -0.384. The maximum Gasteiger partial charge on any atom is 0.270 e. The molecule has 1 aliphatic heterocycles. The molecule has 0 N–H and O–H groups in total. The van der Waals surface area contributed by atoms with E-state index in [1.54, 1.807) is 0 Å². The predicted molar refractivity (Wildman–Crippen MR) is 108 cm³/mol. The fraction of sp³-hybridized carbons (Fsp3) is 0.0476. The van der Waals surface area contributed by atoms with Gasteiger partial charge in [0.05, 0.1) is 16.2 Å². The summed E-state index contributed by atoms with van der Waals surface area (Å²) >= 11 is 5.53. The largest absolute Gasteiger partial charge is 0.270 e. The Bertz CT molecular complexity index is 1090. The van der Waals surface area contributed by atoms with Crippen molar-refractivity contribution >= 4 is 34.5 Å². The Balaban J connectivity index is 1.94. The third-order valence-corrected chi connectivity index (χ3v) is 4.96. The van der Waals surface area contributed by atoms with Crippen molar-refractivity contribution in [2.24, 2.45) is 0 Å². The number of hydrogen-bond acceptors (Lipinski definition) is 4. The first-order valence-electron chi connectivity index (χ1n) is 8.30. The summed E-state index contributed by atoms with van der Waals surface area (Å²) in [6, 6.07) is 19.4. The summed E-state index contributed by atoms with van der Waals surface area (Å²) < 4.78 is 0. The number of nitro groups is 1. The molecule has 0 aromatic heterocycles. The summed E-state index contributed by atoms with van der Waals surface area (Å²) in [7, 11) is 0. The molecule has 0 atom stereocenters. The molecule has 5 nitrogen and oxygen atoms in total. The SMILES string of the molecule is Cc1ccc(N2C(=O)c3c(cc([N+](=O)[O-])cc3-c3ccccc3)C2=S)cc1. The lowest BCUT2D eigenvalue weighted by Gasteiger charge is -2.16. The van der Waals surface area contributed by atoms with Crippen molar-refractivity contribution in [3.8, 4) is 11.1 Å². The van der Waals surface area contributed by atoms with Crippen LogP contribution in [0.2, 0.25) is 0 Å². The van der Waals surface area contributed by atoms with Gasteiger partial charge >= 0.3 is 0 Å². The molecule has 1 heterocycles. The van der Waals surface area contributed by atoms with Crippen LogP contribution >= 0.6 is 12.2 Å². The minimum absolute atomic E-state index is 0.0893. The standard InChI is InChI=1S/C21H14N2O3S/c1-13-7-9-15(10-8-13)22-20(24)19-17(14-5-3-2-4-6-14)11-16(23(25)26)12-18(19)21(22)27/h2-12H,1H3. The summed E-state index contributed by atoms with van der Waals surface area (Å²) in [5.41, 5.74) is 3.69. The monoisotopic (exact) mass is 374 g/mol. The van der Waals surface area contributed by atoms with Crippen LogP contribution in [0.4, 0.5) is 11.4 Å². The molecule has 3 aromatic rings. The Morgan fingerprint density at radius 3 is 2.22 bits per heavy atom. The van der Waals surface area contributed by atoms with Gasteiger partial charge in [-0.05, 0) is 24.6 Å². The molecule has 0 fully saturated rings. The van der Waals surface area contributed by atoms with Crippen LogP contribution in [0.15, 0.2) is 66.7 Å². The predicted octanol–water partition coefficient (Wildman–Crippen LogP) is 4.91. The van der Waals surface area contributed by atoms with Gasteiger partial charge in [0, 0.05) is 23.3 Å². The molecule has 0 saturated heterocycles. The second kappa shape index (κ2) is 6.41. The molecular weight excluding hydrogens is 360 g/mol. The molecule has 0 unspecified atom stereocenters. The molecule has 0 radical (unpaired) electrons. The van der Waals surface area contributed by atoms with E-state index >= 15 is 0 Å². The van der Waals surface area contributed by atoms with Gasteiger partial charge in [0.25, 0.3) is 11.6 Å². The number of aryl methyl sites for hydroxylation is 1. The van der Waals surface area contributed by atoms with Crippen molar-refractivity contribution in [3.63, 3.8) is 0 Å². The number of carbonyl (C=O) groups excluding carboxylic acids is 1. The van der Waals surface area contributed by atoms with Crippen molar-refractivity contribution < 1.29 is 9.72 Å². The molecule has 0 spiro atoms. The van der Waals surface area contributed by atoms with E-state index in [4.69, 9.17) is 12.2 Å². The van der Waals surface area contributed by atoms with E-state index in [-0.39, 0.29) is 16.6 Å². The lowest BCUT2D eigenvalue weighted by atomic mass is 9.96. The molecule has 0 aliphatic carbocycles. The van der Waals surface area contributed by atoms with Gasteiger partial charge in [0.1, 0.15) is 4.99 Å². The fourth-order valence-electron chi connectivity index (χ4n) is 3.23. The first kappa shape index (κ1) is 17.1. The van der Waals surface area contributed by atoms with E-state index in [2.05, 4.69) is 0 Å². The summed E-state index contributed by atoms with van der Waals surface area (Å²) in [6.07, 6.45) is 0. The molecule has 0 saturated carbocycles. The number of anilines is 1. The summed E-state index contributed by atoms with van der Waals surface area (Å²) in [6.45, 7) is 1.96. The van der Waals surface area contributed by atoms with Gasteiger partial charge in [0.2, 0.25) is 0 Å². The topological polar surface area (TPSA) is 63.5 Å². The lowest BCUT2D eigenvalue weighted by Crippen LogP contribution is -2.28. The summed E-state index contributed by atoms with van der Waals surface area (Å²) in [4.78, 5) is 25.9. The van der Waals surface area contributed by atoms with E-state index in [9.17, 15) is 14.9 Å². The minimum atomic E-state index is -0.464. The fourth-order valence-corrected chi connectivity index (χ4v) is 3.58.